The summed E-state index contributed by atoms with van der Waals surface area (Å²) in [7, 11) is 0. The highest BCUT2D eigenvalue weighted by atomic mass is 19.2. The number of fused-ring (bicyclic) bond motifs is 1. The zero-order valence-electron chi connectivity index (χ0n) is 12.8. The molecule has 0 saturated heterocycles. The van der Waals surface area contributed by atoms with E-state index in [0.717, 1.165) is 36.6 Å². The van der Waals surface area contributed by atoms with Crippen LogP contribution in [-0.4, -0.2) is 23.1 Å². The lowest BCUT2D eigenvalue weighted by Crippen LogP contribution is -2.29. The molecule has 0 radical (unpaired) electrons. The number of hydrogen-bond donors (Lipinski definition) is 1. The van der Waals surface area contributed by atoms with Crippen LogP contribution in [0, 0.1) is 23.4 Å². The lowest BCUT2D eigenvalue weighted by atomic mass is 10.2. The van der Waals surface area contributed by atoms with Crippen LogP contribution < -0.4 is 10.2 Å². The molecule has 0 atom stereocenters. The van der Waals surface area contributed by atoms with Crippen LogP contribution >= 0.6 is 0 Å². The summed E-state index contributed by atoms with van der Waals surface area (Å²) < 4.78 is 39.7. The molecule has 1 N–H and O–H groups in total. The maximum atomic E-state index is 13.3. The van der Waals surface area contributed by atoms with Crippen LogP contribution in [0.25, 0.3) is 6.08 Å². The number of aromatic nitrogens is 2. The Balaban J connectivity index is 1.61. The molecule has 0 spiro atoms. The number of halogens is 3. The zero-order chi connectivity index (χ0) is 16.7. The van der Waals surface area contributed by atoms with E-state index in [0.29, 0.717) is 5.92 Å². The van der Waals surface area contributed by atoms with Gasteiger partial charge in [-0.1, -0.05) is 12.2 Å². The van der Waals surface area contributed by atoms with Gasteiger partial charge in [0.25, 0.3) is 0 Å². The van der Waals surface area contributed by atoms with E-state index in [4.69, 9.17) is 0 Å². The second kappa shape index (κ2) is 5.81. The summed E-state index contributed by atoms with van der Waals surface area (Å²) in [4.78, 5) is 10.8. The van der Waals surface area contributed by atoms with Crippen molar-refractivity contribution in [3.05, 3.63) is 47.4 Å². The Kier molecular flexibility index (Phi) is 3.63. The van der Waals surface area contributed by atoms with Crippen molar-refractivity contribution in [1.29, 1.82) is 0 Å². The van der Waals surface area contributed by atoms with Gasteiger partial charge in [-0.3, -0.25) is 0 Å². The van der Waals surface area contributed by atoms with Crippen molar-refractivity contribution in [1.82, 2.24) is 9.97 Å². The average molecular weight is 332 g/mol. The fraction of sp³-hybridized carbons (Fsp3) is 0.294. The highest BCUT2D eigenvalue weighted by Gasteiger charge is 2.26. The molecular formula is C17H15F3N4. The lowest BCUT2D eigenvalue weighted by molar-refractivity contribution is 0.448. The van der Waals surface area contributed by atoms with Crippen LogP contribution in [0.3, 0.4) is 0 Å². The third-order valence-corrected chi connectivity index (χ3v) is 4.13. The standard InChI is InChI=1S/C17H15F3N4/c18-13-6-12(7-14(19)15(13)20)22-17-21-8-11-2-1-5-24(16(11)23-17)9-10-3-4-10/h1-2,6-8,10H,3-5,9H2,(H,21,22,23). The maximum Gasteiger partial charge on any atom is 0.229 e. The van der Waals surface area contributed by atoms with Crippen molar-refractivity contribution in [2.75, 3.05) is 23.3 Å². The predicted octanol–water partition coefficient (Wildman–Crippen LogP) is 3.88. The van der Waals surface area contributed by atoms with Gasteiger partial charge in [-0.2, -0.15) is 4.98 Å². The third-order valence-electron chi connectivity index (χ3n) is 4.13. The quantitative estimate of drug-likeness (QED) is 0.863. The van der Waals surface area contributed by atoms with Gasteiger partial charge in [-0.25, -0.2) is 18.2 Å². The first-order valence-corrected chi connectivity index (χ1v) is 7.80. The normalized spacial score (nSPS) is 16.2. The van der Waals surface area contributed by atoms with Crippen molar-refractivity contribution in [2.45, 2.75) is 12.8 Å². The van der Waals surface area contributed by atoms with E-state index in [1.54, 1.807) is 6.20 Å². The number of nitrogens with one attached hydrogen (secondary N) is 1. The van der Waals surface area contributed by atoms with Gasteiger partial charge in [0.15, 0.2) is 17.5 Å². The largest absolute Gasteiger partial charge is 0.352 e. The van der Waals surface area contributed by atoms with Gasteiger partial charge in [0.05, 0.1) is 0 Å². The molecule has 24 heavy (non-hydrogen) atoms. The van der Waals surface area contributed by atoms with Crippen molar-refractivity contribution in [3.63, 3.8) is 0 Å². The summed E-state index contributed by atoms with van der Waals surface area (Å²) >= 11 is 0. The highest BCUT2D eigenvalue weighted by molar-refractivity contribution is 5.69. The molecule has 2 heterocycles. The van der Waals surface area contributed by atoms with Crippen LogP contribution in [0.15, 0.2) is 24.4 Å². The van der Waals surface area contributed by atoms with Crippen LogP contribution in [-0.2, 0) is 0 Å². The monoisotopic (exact) mass is 332 g/mol. The van der Waals surface area contributed by atoms with Crippen LogP contribution in [0.5, 0.6) is 0 Å². The smallest absolute Gasteiger partial charge is 0.229 e. The molecule has 4 rings (SSSR count). The Hall–Kier alpha value is -2.57. The summed E-state index contributed by atoms with van der Waals surface area (Å²) in [5, 5.41) is 2.73. The summed E-state index contributed by atoms with van der Waals surface area (Å²) in [5.41, 5.74) is 0.968. The summed E-state index contributed by atoms with van der Waals surface area (Å²) in [6.07, 6.45) is 8.15. The summed E-state index contributed by atoms with van der Waals surface area (Å²) in [5.74, 6) is -2.29. The highest BCUT2D eigenvalue weighted by Crippen LogP contribution is 2.33. The van der Waals surface area contributed by atoms with Gasteiger partial charge in [0.1, 0.15) is 5.82 Å². The lowest BCUT2D eigenvalue weighted by Gasteiger charge is -2.27. The molecule has 124 valence electrons. The molecule has 1 aliphatic carbocycles. The first kappa shape index (κ1) is 15.0. The van der Waals surface area contributed by atoms with Gasteiger partial charge in [0.2, 0.25) is 5.95 Å². The molecule has 7 heteroatoms. The van der Waals surface area contributed by atoms with Crippen molar-refractivity contribution in [3.8, 4) is 0 Å². The molecule has 2 aliphatic rings. The van der Waals surface area contributed by atoms with E-state index in [1.165, 1.54) is 12.8 Å². The van der Waals surface area contributed by atoms with E-state index in [2.05, 4.69) is 26.3 Å². The Bertz CT molecular complexity index is 794. The molecular weight excluding hydrogens is 317 g/mol. The number of benzene rings is 1. The van der Waals surface area contributed by atoms with Crippen LogP contribution in [0.1, 0.15) is 18.4 Å². The van der Waals surface area contributed by atoms with Gasteiger partial charge in [0, 0.05) is 42.7 Å². The first-order chi connectivity index (χ1) is 11.6. The second-order valence-corrected chi connectivity index (χ2v) is 6.10. The van der Waals surface area contributed by atoms with E-state index >= 15 is 0 Å². The van der Waals surface area contributed by atoms with Gasteiger partial charge in [-0.15, -0.1) is 0 Å². The Morgan fingerprint density at radius 2 is 1.92 bits per heavy atom. The molecule has 0 bridgehead atoms. The number of nitrogens with zero attached hydrogens (tertiary/aromatic N) is 3. The molecule has 0 amide bonds. The molecule has 1 aromatic heterocycles. The molecule has 1 aromatic carbocycles. The molecule has 4 nitrogen and oxygen atoms in total. The molecule has 2 aromatic rings. The molecule has 1 saturated carbocycles. The van der Waals surface area contributed by atoms with E-state index in [9.17, 15) is 13.2 Å². The topological polar surface area (TPSA) is 41.1 Å². The first-order valence-electron chi connectivity index (χ1n) is 7.80. The Morgan fingerprint density at radius 3 is 2.62 bits per heavy atom. The Labute approximate surface area is 137 Å². The SMILES string of the molecule is Fc1cc(Nc2ncc3c(n2)N(CC2CC2)CC=C3)cc(F)c1F. The van der Waals surface area contributed by atoms with Crippen LogP contribution in [0.4, 0.5) is 30.6 Å². The minimum absolute atomic E-state index is 0.0615. The van der Waals surface area contributed by atoms with Gasteiger partial charge >= 0.3 is 0 Å². The Morgan fingerprint density at radius 1 is 1.17 bits per heavy atom. The van der Waals surface area contributed by atoms with Crippen LogP contribution in [0.2, 0.25) is 0 Å². The minimum Gasteiger partial charge on any atom is -0.352 e. The molecule has 0 unspecified atom stereocenters. The summed E-state index contributed by atoms with van der Waals surface area (Å²) in [6.45, 7) is 1.72. The van der Waals surface area contributed by atoms with Crippen molar-refractivity contribution < 1.29 is 13.2 Å². The second-order valence-electron chi connectivity index (χ2n) is 6.10. The summed E-state index contributed by atoms with van der Waals surface area (Å²) in [6, 6.07) is 1.76. The molecule has 1 fully saturated rings. The fourth-order valence-electron chi connectivity index (χ4n) is 2.74. The van der Waals surface area contributed by atoms with E-state index < -0.39 is 17.5 Å². The van der Waals surface area contributed by atoms with Crippen molar-refractivity contribution >= 4 is 23.5 Å². The number of hydrogen-bond acceptors (Lipinski definition) is 4. The fourth-order valence-corrected chi connectivity index (χ4v) is 2.74. The van der Waals surface area contributed by atoms with Gasteiger partial charge < -0.3 is 10.2 Å². The predicted molar refractivity (Wildman–Crippen MR) is 85.6 cm³/mol. The van der Waals surface area contributed by atoms with Gasteiger partial charge in [-0.05, 0) is 18.8 Å². The minimum atomic E-state index is -1.49. The van der Waals surface area contributed by atoms with E-state index in [1.807, 2.05) is 6.08 Å². The maximum absolute atomic E-state index is 13.3. The third kappa shape index (κ3) is 2.93. The molecule has 1 aliphatic heterocycles. The van der Waals surface area contributed by atoms with Crippen molar-refractivity contribution in [2.24, 2.45) is 5.92 Å². The van der Waals surface area contributed by atoms with E-state index in [-0.39, 0.29) is 11.6 Å². The number of rotatable bonds is 4. The average Bonchev–Trinajstić information content (AvgIpc) is 3.37. The number of anilines is 3. The zero-order valence-corrected chi connectivity index (χ0v) is 12.8.